The average molecular weight is 293 g/mol. The molecule has 0 fully saturated rings. The molecular formula is C15H21ClN4. The summed E-state index contributed by atoms with van der Waals surface area (Å²) in [6.07, 6.45) is 1.95. The number of hydrogen-bond acceptors (Lipinski definition) is 3. The van der Waals surface area contributed by atoms with Crippen LogP contribution in [0.1, 0.15) is 24.6 Å². The van der Waals surface area contributed by atoms with Crippen molar-refractivity contribution in [3.8, 4) is 0 Å². The first-order valence-corrected chi connectivity index (χ1v) is 7.17. The molecule has 0 atom stereocenters. The fourth-order valence-corrected chi connectivity index (χ4v) is 2.52. The normalized spacial score (nSPS) is 10.8. The zero-order chi connectivity index (χ0) is 14.7. The molecule has 5 heteroatoms. The molecule has 108 valence electrons. The van der Waals surface area contributed by atoms with E-state index in [2.05, 4.69) is 16.9 Å². The Balaban J connectivity index is 2.20. The van der Waals surface area contributed by atoms with Gasteiger partial charge in [0.25, 0.3) is 0 Å². The fourth-order valence-electron chi connectivity index (χ4n) is 2.40. The molecule has 0 aliphatic heterocycles. The van der Waals surface area contributed by atoms with E-state index in [-0.39, 0.29) is 0 Å². The first kappa shape index (κ1) is 14.7. The zero-order valence-electron chi connectivity index (χ0n) is 12.2. The number of halogens is 1. The molecule has 0 radical (unpaired) electrons. The summed E-state index contributed by atoms with van der Waals surface area (Å²) in [5, 5.41) is 5.26. The molecule has 1 aromatic carbocycles. The molecular weight excluding hydrogens is 272 g/mol. The van der Waals surface area contributed by atoms with E-state index in [1.54, 1.807) is 0 Å². The van der Waals surface area contributed by atoms with Gasteiger partial charge in [0, 0.05) is 25.7 Å². The number of rotatable bonds is 5. The average Bonchev–Trinajstić information content (AvgIpc) is 2.68. The van der Waals surface area contributed by atoms with E-state index in [4.69, 9.17) is 17.3 Å². The molecule has 0 aliphatic carbocycles. The van der Waals surface area contributed by atoms with Crippen molar-refractivity contribution in [2.24, 2.45) is 7.05 Å². The zero-order valence-corrected chi connectivity index (χ0v) is 13.0. The molecule has 2 aromatic rings. The third kappa shape index (κ3) is 3.07. The number of anilines is 2. The van der Waals surface area contributed by atoms with Crippen molar-refractivity contribution < 1.29 is 0 Å². The summed E-state index contributed by atoms with van der Waals surface area (Å²) < 4.78 is 1.86. The van der Waals surface area contributed by atoms with Crippen LogP contribution in [0.4, 0.5) is 11.5 Å². The predicted octanol–water partition coefficient (Wildman–Crippen LogP) is 3.24. The minimum Gasteiger partial charge on any atom is -0.394 e. The summed E-state index contributed by atoms with van der Waals surface area (Å²) in [5.41, 5.74) is 9.17. The van der Waals surface area contributed by atoms with E-state index in [1.165, 1.54) is 5.56 Å². The minimum atomic E-state index is 0.752. The van der Waals surface area contributed by atoms with Gasteiger partial charge in [0.15, 0.2) is 0 Å². The van der Waals surface area contributed by atoms with Crippen LogP contribution in [0.5, 0.6) is 0 Å². The highest BCUT2D eigenvalue weighted by Crippen LogP contribution is 2.27. The summed E-state index contributed by atoms with van der Waals surface area (Å²) >= 11 is 5.91. The van der Waals surface area contributed by atoms with Crippen molar-refractivity contribution in [3.63, 3.8) is 0 Å². The lowest BCUT2D eigenvalue weighted by Gasteiger charge is -2.20. The van der Waals surface area contributed by atoms with Gasteiger partial charge in [-0.25, -0.2) is 0 Å². The molecule has 2 N–H and O–H groups in total. The Bertz CT molecular complexity index is 574. The molecule has 1 heterocycles. The van der Waals surface area contributed by atoms with Crippen molar-refractivity contribution in [1.29, 1.82) is 0 Å². The van der Waals surface area contributed by atoms with Crippen LogP contribution in [0.2, 0.25) is 5.02 Å². The van der Waals surface area contributed by atoms with Crippen molar-refractivity contribution >= 4 is 23.1 Å². The van der Waals surface area contributed by atoms with E-state index in [0.29, 0.717) is 0 Å². The van der Waals surface area contributed by atoms with E-state index in [1.807, 2.05) is 43.0 Å². The largest absolute Gasteiger partial charge is 0.394 e. The highest BCUT2D eigenvalue weighted by molar-refractivity contribution is 6.30. The number of nitrogens with zero attached hydrogens (tertiary/aromatic N) is 3. The molecule has 0 aliphatic rings. The van der Waals surface area contributed by atoms with E-state index in [0.717, 1.165) is 41.6 Å². The Morgan fingerprint density at radius 2 is 1.95 bits per heavy atom. The Hall–Kier alpha value is -1.68. The number of nitrogens with two attached hydrogens (primary N) is 1. The second-order valence-corrected chi connectivity index (χ2v) is 5.48. The lowest BCUT2D eigenvalue weighted by Crippen LogP contribution is -2.20. The van der Waals surface area contributed by atoms with Crippen molar-refractivity contribution in [2.45, 2.75) is 26.3 Å². The summed E-state index contributed by atoms with van der Waals surface area (Å²) in [4.78, 5) is 2.12. The topological polar surface area (TPSA) is 47.1 Å². The smallest absolute Gasteiger partial charge is 0.150 e. The second kappa shape index (κ2) is 6.18. The summed E-state index contributed by atoms with van der Waals surface area (Å²) in [6.45, 7) is 2.90. The molecule has 0 amide bonds. The molecule has 0 saturated carbocycles. The maximum absolute atomic E-state index is 6.22. The van der Waals surface area contributed by atoms with Gasteiger partial charge >= 0.3 is 0 Å². The Morgan fingerprint density at radius 3 is 2.55 bits per heavy atom. The van der Waals surface area contributed by atoms with Crippen LogP contribution >= 0.6 is 11.6 Å². The van der Waals surface area contributed by atoms with E-state index >= 15 is 0 Å². The van der Waals surface area contributed by atoms with Crippen LogP contribution in [0.25, 0.3) is 0 Å². The van der Waals surface area contributed by atoms with Crippen LogP contribution in [0.15, 0.2) is 24.3 Å². The van der Waals surface area contributed by atoms with Gasteiger partial charge in [0.1, 0.15) is 5.82 Å². The molecule has 0 bridgehead atoms. The highest BCUT2D eigenvalue weighted by atomic mass is 35.5. The number of benzene rings is 1. The third-order valence-electron chi connectivity index (χ3n) is 3.31. The molecule has 1 aromatic heterocycles. The number of aryl methyl sites for hydroxylation is 2. The standard InChI is InChI=1S/C15H21ClN4/c1-4-5-13-14(17)15(20(3)18-13)19(2)10-11-6-8-12(16)9-7-11/h6-9H,4-5,10,17H2,1-3H3. The second-order valence-electron chi connectivity index (χ2n) is 5.04. The SMILES string of the molecule is CCCc1nn(C)c(N(C)Cc2ccc(Cl)cc2)c1N. The van der Waals surface area contributed by atoms with Gasteiger partial charge in [-0.1, -0.05) is 37.1 Å². The Morgan fingerprint density at radius 1 is 1.30 bits per heavy atom. The molecule has 20 heavy (non-hydrogen) atoms. The molecule has 0 unspecified atom stereocenters. The predicted molar refractivity (Wildman–Crippen MR) is 85.2 cm³/mol. The lowest BCUT2D eigenvalue weighted by atomic mass is 10.2. The summed E-state index contributed by atoms with van der Waals surface area (Å²) in [5.74, 6) is 0.961. The summed E-state index contributed by atoms with van der Waals surface area (Å²) in [7, 11) is 3.96. The van der Waals surface area contributed by atoms with Crippen LogP contribution in [-0.2, 0) is 20.0 Å². The van der Waals surface area contributed by atoms with Gasteiger partial charge in [0.2, 0.25) is 0 Å². The first-order chi connectivity index (χ1) is 9.52. The van der Waals surface area contributed by atoms with Crippen LogP contribution in [0, 0.1) is 0 Å². The third-order valence-corrected chi connectivity index (χ3v) is 3.56. The van der Waals surface area contributed by atoms with E-state index in [9.17, 15) is 0 Å². The van der Waals surface area contributed by atoms with Gasteiger partial charge in [-0.05, 0) is 24.1 Å². The first-order valence-electron chi connectivity index (χ1n) is 6.79. The van der Waals surface area contributed by atoms with Gasteiger partial charge in [-0.15, -0.1) is 0 Å². The number of nitrogen functional groups attached to an aromatic ring is 1. The maximum atomic E-state index is 6.22. The molecule has 0 spiro atoms. The fraction of sp³-hybridized carbons (Fsp3) is 0.400. The lowest BCUT2D eigenvalue weighted by molar-refractivity contribution is 0.712. The van der Waals surface area contributed by atoms with Crippen molar-refractivity contribution in [1.82, 2.24) is 9.78 Å². The van der Waals surface area contributed by atoms with Gasteiger partial charge < -0.3 is 10.6 Å². The van der Waals surface area contributed by atoms with Crippen LogP contribution in [0.3, 0.4) is 0 Å². The minimum absolute atomic E-state index is 0.752. The summed E-state index contributed by atoms with van der Waals surface area (Å²) in [6, 6.07) is 7.86. The van der Waals surface area contributed by atoms with Gasteiger partial charge in [0.05, 0.1) is 11.4 Å². The van der Waals surface area contributed by atoms with Gasteiger partial charge in [-0.3, -0.25) is 4.68 Å². The van der Waals surface area contributed by atoms with Gasteiger partial charge in [-0.2, -0.15) is 5.10 Å². The monoisotopic (exact) mass is 292 g/mol. The Kier molecular flexibility index (Phi) is 4.55. The molecule has 0 saturated heterocycles. The number of aromatic nitrogens is 2. The van der Waals surface area contributed by atoms with E-state index < -0.39 is 0 Å². The van der Waals surface area contributed by atoms with Crippen molar-refractivity contribution in [3.05, 3.63) is 40.5 Å². The van der Waals surface area contributed by atoms with Crippen LogP contribution in [-0.4, -0.2) is 16.8 Å². The molecule has 4 nitrogen and oxygen atoms in total. The molecule has 2 rings (SSSR count). The number of hydrogen-bond donors (Lipinski definition) is 1. The quantitative estimate of drug-likeness (QED) is 0.920. The Labute approximate surface area is 125 Å². The van der Waals surface area contributed by atoms with Crippen LogP contribution < -0.4 is 10.6 Å². The maximum Gasteiger partial charge on any atom is 0.150 e. The highest BCUT2D eigenvalue weighted by Gasteiger charge is 2.16. The van der Waals surface area contributed by atoms with Crippen molar-refractivity contribution in [2.75, 3.05) is 17.7 Å².